The molecule has 0 spiro atoms. The number of Topliss-reactive ketones (excluding diaryl/α,β-unsaturated/α-hetero) is 1. The van der Waals surface area contributed by atoms with E-state index in [4.69, 9.17) is 0 Å². The molecule has 10 nitrogen and oxygen atoms in total. The standard InChI is InChI=1S/C29H35BN8O2/c1-7-9-24(31-8-2)30-25-12-29(4)11-23(29)38(25)27(40)17-37-22-15-32-21(10-20(22)28(35-37)18(3)39)19-13-33-26(34-14-19)16-36(5)6/h7-10,13-15,23,25,30H,2,11-12,16-17H2,1,3-6H3/b9-7-,31-24+. The Hall–Kier alpha value is -3.99. The summed E-state index contributed by atoms with van der Waals surface area (Å²) in [6.07, 6.45) is 12.6. The lowest BCUT2D eigenvalue weighted by Crippen LogP contribution is -2.45. The Morgan fingerprint density at radius 2 is 1.98 bits per heavy atom. The Bertz CT molecular complexity index is 1530. The van der Waals surface area contributed by atoms with E-state index in [2.05, 4.69) is 38.5 Å². The molecule has 2 fully saturated rings. The van der Waals surface area contributed by atoms with Crippen molar-refractivity contribution in [2.75, 3.05) is 14.1 Å². The van der Waals surface area contributed by atoms with E-state index in [9.17, 15) is 9.59 Å². The fourth-order valence-corrected chi connectivity index (χ4v) is 5.86. The van der Waals surface area contributed by atoms with Crippen molar-refractivity contribution in [2.45, 2.75) is 58.7 Å². The number of aliphatic imine (C=N–C) groups is 1. The van der Waals surface area contributed by atoms with Gasteiger partial charge in [-0.25, -0.2) is 9.97 Å². The van der Waals surface area contributed by atoms with Crippen LogP contribution in [0.15, 0.2) is 54.6 Å². The Labute approximate surface area is 235 Å². The number of allylic oxidation sites excluding steroid dienone is 2. The largest absolute Gasteiger partial charge is 0.342 e. The summed E-state index contributed by atoms with van der Waals surface area (Å²) < 4.78 is 1.61. The van der Waals surface area contributed by atoms with Gasteiger partial charge in [0.25, 0.3) is 0 Å². The van der Waals surface area contributed by atoms with Crippen molar-refractivity contribution in [3.8, 4) is 11.3 Å². The summed E-state index contributed by atoms with van der Waals surface area (Å²) >= 11 is 0. The summed E-state index contributed by atoms with van der Waals surface area (Å²) in [5, 5.41) is 5.24. The number of likely N-dealkylation sites (tertiary alicyclic amines) is 1. The Balaban J connectivity index is 1.42. The van der Waals surface area contributed by atoms with Gasteiger partial charge in [-0.2, -0.15) is 5.10 Å². The van der Waals surface area contributed by atoms with Crippen LogP contribution in [-0.2, 0) is 17.9 Å². The maximum absolute atomic E-state index is 13.8. The van der Waals surface area contributed by atoms with Crippen LogP contribution < -0.4 is 0 Å². The van der Waals surface area contributed by atoms with Gasteiger partial charge in [-0.3, -0.25) is 24.2 Å². The summed E-state index contributed by atoms with van der Waals surface area (Å²) in [7, 11) is 4.60. The van der Waals surface area contributed by atoms with Crippen molar-refractivity contribution < 1.29 is 9.59 Å². The first-order chi connectivity index (χ1) is 19.1. The first-order valence-electron chi connectivity index (χ1n) is 13.6. The third-order valence-electron chi connectivity index (χ3n) is 7.80. The molecule has 3 atom stereocenters. The quantitative estimate of drug-likeness (QED) is 0.222. The highest BCUT2D eigenvalue weighted by atomic mass is 16.2. The van der Waals surface area contributed by atoms with Crippen molar-refractivity contribution in [1.29, 1.82) is 0 Å². The lowest BCUT2D eigenvalue weighted by Gasteiger charge is -2.27. The molecule has 0 radical (unpaired) electrons. The van der Waals surface area contributed by atoms with E-state index in [1.165, 1.54) is 6.92 Å². The minimum absolute atomic E-state index is 0.0110. The molecule has 2 aliphatic rings. The van der Waals surface area contributed by atoms with Crippen LogP contribution in [0.1, 0.15) is 49.9 Å². The van der Waals surface area contributed by atoms with E-state index < -0.39 is 0 Å². The molecular weight excluding hydrogens is 503 g/mol. The van der Waals surface area contributed by atoms with Gasteiger partial charge in [-0.15, -0.1) is 0 Å². The summed E-state index contributed by atoms with van der Waals surface area (Å²) in [4.78, 5) is 48.3. The van der Waals surface area contributed by atoms with Crippen LogP contribution in [0.4, 0.5) is 0 Å². The minimum Gasteiger partial charge on any atom is -0.342 e. The number of hydrogen-bond donors (Lipinski definition) is 0. The highest BCUT2D eigenvalue weighted by Gasteiger charge is 2.62. The van der Waals surface area contributed by atoms with Crippen LogP contribution in [0.2, 0.25) is 0 Å². The predicted molar refractivity (Wildman–Crippen MR) is 157 cm³/mol. The van der Waals surface area contributed by atoms with Gasteiger partial charge in [0.1, 0.15) is 18.1 Å². The highest BCUT2D eigenvalue weighted by molar-refractivity contribution is 6.79. The molecule has 1 aliphatic heterocycles. The summed E-state index contributed by atoms with van der Waals surface area (Å²) in [6.45, 7) is 10.1. The average molecular weight is 538 g/mol. The maximum atomic E-state index is 13.8. The van der Waals surface area contributed by atoms with Gasteiger partial charge in [0.05, 0.1) is 24.0 Å². The third kappa shape index (κ3) is 5.38. The van der Waals surface area contributed by atoms with E-state index in [0.717, 1.165) is 24.0 Å². The number of rotatable bonds is 10. The molecule has 11 heteroatoms. The van der Waals surface area contributed by atoms with Gasteiger partial charge >= 0.3 is 0 Å². The first-order valence-corrected chi connectivity index (χ1v) is 13.6. The van der Waals surface area contributed by atoms with Gasteiger partial charge in [0, 0.05) is 54.1 Å². The zero-order valence-corrected chi connectivity index (χ0v) is 23.8. The third-order valence-corrected chi connectivity index (χ3v) is 7.80. The zero-order chi connectivity index (χ0) is 28.6. The van der Waals surface area contributed by atoms with Crippen molar-refractivity contribution in [3.05, 3.63) is 61.1 Å². The predicted octanol–water partition coefficient (Wildman–Crippen LogP) is 3.04. The number of fused-ring (bicyclic) bond motifs is 2. The molecule has 3 unspecified atom stereocenters. The van der Waals surface area contributed by atoms with Gasteiger partial charge in [-0.05, 0) is 45.3 Å². The molecule has 1 amide bonds. The normalized spacial score (nSPS) is 22.2. The fourth-order valence-electron chi connectivity index (χ4n) is 5.86. The number of carbonyl (C=O) groups excluding carboxylic acids is 2. The zero-order valence-electron chi connectivity index (χ0n) is 23.8. The second-order valence-electron chi connectivity index (χ2n) is 11.3. The van der Waals surface area contributed by atoms with Gasteiger partial charge in [0.2, 0.25) is 13.2 Å². The smallest absolute Gasteiger partial charge is 0.244 e. The van der Waals surface area contributed by atoms with Crippen LogP contribution in [0, 0.1) is 5.41 Å². The van der Waals surface area contributed by atoms with Crippen LogP contribution in [-0.4, -0.2) is 85.2 Å². The number of carbonyl (C=O) groups is 2. The topological polar surface area (TPSA) is 109 Å². The lowest BCUT2D eigenvalue weighted by molar-refractivity contribution is -0.132. The van der Waals surface area contributed by atoms with Crippen LogP contribution in [0.3, 0.4) is 0 Å². The molecule has 3 aromatic heterocycles. The molecule has 3 aromatic rings. The van der Waals surface area contributed by atoms with Crippen LogP contribution >= 0.6 is 0 Å². The molecule has 40 heavy (non-hydrogen) atoms. The number of amides is 1. The van der Waals surface area contributed by atoms with Crippen molar-refractivity contribution in [1.82, 2.24) is 34.5 Å². The van der Waals surface area contributed by atoms with E-state index in [0.29, 0.717) is 41.9 Å². The molecule has 0 bridgehead atoms. The van der Waals surface area contributed by atoms with Crippen LogP contribution in [0.5, 0.6) is 0 Å². The number of ketones is 1. The lowest BCUT2D eigenvalue weighted by atomic mass is 9.62. The Kier molecular flexibility index (Phi) is 7.50. The van der Waals surface area contributed by atoms with Gasteiger partial charge in [-0.1, -0.05) is 25.7 Å². The fraction of sp³-hybridized carbons (Fsp3) is 0.414. The van der Waals surface area contributed by atoms with E-state index >= 15 is 0 Å². The summed E-state index contributed by atoms with van der Waals surface area (Å²) in [6, 6.07) is 2.05. The second-order valence-corrected chi connectivity index (χ2v) is 11.3. The van der Waals surface area contributed by atoms with E-state index in [1.54, 1.807) is 29.5 Å². The Morgan fingerprint density at radius 3 is 2.62 bits per heavy atom. The maximum Gasteiger partial charge on any atom is 0.244 e. The van der Waals surface area contributed by atoms with Gasteiger partial charge in [0.15, 0.2) is 5.78 Å². The minimum atomic E-state index is -0.170. The van der Waals surface area contributed by atoms with Crippen molar-refractivity contribution in [2.24, 2.45) is 10.4 Å². The molecule has 206 valence electrons. The molecular formula is C29H35BN8O2. The number of piperidine rings is 1. The van der Waals surface area contributed by atoms with Crippen molar-refractivity contribution >= 4 is 35.5 Å². The molecule has 0 aromatic carbocycles. The van der Waals surface area contributed by atoms with E-state index in [1.807, 2.05) is 49.0 Å². The van der Waals surface area contributed by atoms with Gasteiger partial charge < -0.3 is 9.80 Å². The molecule has 1 aliphatic carbocycles. The molecule has 4 heterocycles. The molecule has 1 saturated carbocycles. The number of pyridine rings is 1. The number of hydrogen-bond acceptors (Lipinski definition) is 8. The summed E-state index contributed by atoms with van der Waals surface area (Å²) in [5.74, 6) is 0.589. The number of aromatic nitrogens is 5. The highest BCUT2D eigenvalue weighted by Crippen LogP contribution is 2.59. The van der Waals surface area contributed by atoms with Crippen molar-refractivity contribution in [3.63, 3.8) is 0 Å². The second kappa shape index (κ2) is 10.9. The van der Waals surface area contributed by atoms with E-state index in [-0.39, 0.29) is 35.6 Å². The Morgan fingerprint density at radius 1 is 1.23 bits per heavy atom. The molecule has 1 saturated heterocycles. The SMILES string of the molecule is C=C/N=C(BC1CC2(C)CC2N1C(=O)Cn1nc(C(C)=O)c2cc(-c3cnc(CN(C)C)nc3)ncc21)\C=C/C. The molecule has 0 N–H and O–H groups in total. The first kappa shape index (κ1) is 27.6. The molecule has 5 rings (SSSR count). The monoisotopic (exact) mass is 538 g/mol. The summed E-state index contributed by atoms with van der Waals surface area (Å²) in [5.41, 5.74) is 3.40. The van der Waals surface area contributed by atoms with Crippen LogP contribution in [0.25, 0.3) is 22.2 Å². The number of nitrogens with zero attached hydrogens (tertiary/aromatic N) is 8. The average Bonchev–Trinajstić information content (AvgIpc) is 3.27.